The molecule has 0 bridgehead atoms. The smallest absolute Gasteiger partial charge is 0.289 e. The van der Waals surface area contributed by atoms with Crippen LogP contribution in [0, 0.1) is 56.3 Å². The van der Waals surface area contributed by atoms with E-state index in [9.17, 15) is 28.8 Å². The number of H-pyrrole nitrogens is 1. The number of amides is 4. The molecule has 2 aliphatic heterocycles. The molecule has 0 saturated heterocycles. The van der Waals surface area contributed by atoms with Crippen molar-refractivity contribution < 1.29 is 53.4 Å². The summed E-state index contributed by atoms with van der Waals surface area (Å²) in [4.78, 5) is 107. The number of aliphatic hydroxyl groups is 2. The molecule has 26 nitrogen and oxygen atoms in total. The van der Waals surface area contributed by atoms with Gasteiger partial charge in [-0.05, 0) is 99.0 Å². The summed E-state index contributed by atoms with van der Waals surface area (Å²) in [5.41, 5.74) is 21.9. The van der Waals surface area contributed by atoms with Gasteiger partial charge in [0.25, 0.3) is 17.2 Å². The van der Waals surface area contributed by atoms with Gasteiger partial charge in [-0.15, -0.1) is 12.4 Å². The quantitative estimate of drug-likeness (QED) is 0.00946. The van der Waals surface area contributed by atoms with Gasteiger partial charge in [0.2, 0.25) is 29.5 Å². The highest BCUT2D eigenvalue weighted by Crippen LogP contribution is 2.34. The van der Waals surface area contributed by atoms with Gasteiger partial charge in [-0.3, -0.25) is 43.7 Å². The number of aryl methyl sites for hydroxylation is 3. The number of methoxy groups -OCH3 is 1. The normalized spacial score (nSPS) is 14.1. The summed E-state index contributed by atoms with van der Waals surface area (Å²) in [7, 11) is 3.02. The molecular formula is C80H128Cl2N14O12. The summed E-state index contributed by atoms with van der Waals surface area (Å²) >= 11 is 5.78. The Kier molecular flexibility index (Phi) is 47.3. The average molecular weight is 1550 g/mol. The first-order valence-corrected chi connectivity index (χ1v) is 37.2. The number of aromatic nitrogens is 8. The Balaban J connectivity index is 0.00000128. The van der Waals surface area contributed by atoms with Crippen LogP contribution in [-0.4, -0.2) is 138 Å². The number of hydrogen-bond acceptors (Lipinski definition) is 20. The van der Waals surface area contributed by atoms with Gasteiger partial charge in [0.1, 0.15) is 30.5 Å². The molecule has 4 unspecified atom stereocenters. The second-order valence-electron chi connectivity index (χ2n) is 28.8. The van der Waals surface area contributed by atoms with Gasteiger partial charge in [0.05, 0.1) is 67.5 Å². The van der Waals surface area contributed by atoms with Gasteiger partial charge in [0.15, 0.2) is 5.15 Å². The molecule has 604 valence electrons. The van der Waals surface area contributed by atoms with Gasteiger partial charge in [-0.2, -0.15) is 0 Å². The summed E-state index contributed by atoms with van der Waals surface area (Å²) in [6, 6.07) is 9.70. The third-order valence-electron chi connectivity index (χ3n) is 16.8. The SMILES string of the molecule is CC(C)C(=O)NC(CO)C(C)C.CC(C)C(N)CO.CC(C)C1=CCC(C)C(=O)N1.CC(C)C1=CNC(C)C(=O)N1.CCc1c(C(=O)C(N)=O)c2c(OCCOOC)nc(C(C)C)cn2c1Cc1ccccc1.COc1nc(C(C)C)cnc1C.Cc1ncc(C(C)C)[nH]c1=O.Cc1ncc(C(C)C)nc1Cl.Cl. The van der Waals surface area contributed by atoms with Crippen LogP contribution in [0.1, 0.15) is 243 Å². The summed E-state index contributed by atoms with van der Waals surface area (Å²) in [5.74, 6) is 2.18. The van der Waals surface area contributed by atoms with Crippen LogP contribution < -0.4 is 47.8 Å². The van der Waals surface area contributed by atoms with Crippen molar-refractivity contribution in [2.24, 2.45) is 47.0 Å². The van der Waals surface area contributed by atoms with Gasteiger partial charge in [0, 0.05) is 78.1 Å². The number of halogens is 2. The fourth-order valence-electron chi connectivity index (χ4n) is 9.12. The molecule has 5 aromatic heterocycles. The van der Waals surface area contributed by atoms with Crippen LogP contribution in [0.3, 0.4) is 0 Å². The maximum absolute atomic E-state index is 12.9. The molecule has 108 heavy (non-hydrogen) atoms. The molecule has 8 rings (SSSR count). The highest BCUT2D eigenvalue weighted by Gasteiger charge is 2.30. The number of benzene rings is 1. The van der Waals surface area contributed by atoms with Crippen molar-refractivity contribution in [2.45, 2.75) is 227 Å². The number of carbonyl (C=O) groups is 5. The van der Waals surface area contributed by atoms with Crippen molar-refractivity contribution >= 4 is 58.9 Å². The topological polar surface area (TPSA) is 377 Å². The number of nitrogens with one attached hydrogen (secondary N) is 5. The lowest BCUT2D eigenvalue weighted by molar-refractivity contribution is -0.275. The molecule has 0 spiro atoms. The van der Waals surface area contributed by atoms with E-state index < -0.39 is 11.7 Å². The third kappa shape index (κ3) is 34.6. The van der Waals surface area contributed by atoms with Gasteiger partial charge >= 0.3 is 0 Å². The zero-order chi connectivity index (χ0) is 81.7. The number of allylic oxidation sites excluding steroid dienone is 3. The maximum Gasteiger partial charge on any atom is 0.289 e. The molecule has 0 aliphatic carbocycles. The molecule has 4 atom stereocenters. The van der Waals surface area contributed by atoms with Crippen LogP contribution >= 0.6 is 24.0 Å². The number of hydrogen-bond donors (Lipinski definition) is 9. The van der Waals surface area contributed by atoms with Crippen molar-refractivity contribution in [3.8, 4) is 11.8 Å². The molecule has 0 radical (unpaired) electrons. The van der Waals surface area contributed by atoms with Crippen LogP contribution in [0.15, 0.2) is 83.6 Å². The van der Waals surface area contributed by atoms with E-state index in [4.69, 9.17) is 47.6 Å². The molecule has 7 heterocycles. The first kappa shape index (κ1) is 99.8. The average Bonchev–Trinajstić information content (AvgIpc) is 1.59. The number of nitrogens with two attached hydrogens (primary N) is 2. The number of rotatable bonds is 23. The molecule has 1 aromatic carbocycles. The minimum atomic E-state index is -1.01. The van der Waals surface area contributed by atoms with E-state index in [0.29, 0.717) is 70.6 Å². The number of carbonyl (C=O) groups excluding carboxylic acids is 5. The molecular weight excluding hydrogens is 1420 g/mol. The molecule has 4 amide bonds. The van der Waals surface area contributed by atoms with E-state index in [2.05, 4.69) is 109 Å². The number of primary amides is 1. The number of Topliss-reactive ketones (excluding diaryl/α,β-unsaturated/α-hetero) is 1. The zero-order valence-electron chi connectivity index (χ0n) is 68.9. The summed E-state index contributed by atoms with van der Waals surface area (Å²) in [6.45, 7) is 47.8. The summed E-state index contributed by atoms with van der Waals surface area (Å²) in [6.07, 6.45) is 13.2. The lowest BCUT2D eigenvalue weighted by atomic mass is 9.98. The van der Waals surface area contributed by atoms with Gasteiger partial charge in [-0.25, -0.2) is 24.7 Å². The summed E-state index contributed by atoms with van der Waals surface area (Å²) < 4.78 is 12.9. The Morgan fingerprint density at radius 3 is 1.67 bits per heavy atom. The Bertz CT molecular complexity index is 3790. The lowest BCUT2D eigenvalue weighted by Gasteiger charge is -2.22. The Hall–Kier alpha value is -8.24. The van der Waals surface area contributed by atoms with Crippen molar-refractivity contribution in [1.82, 2.24) is 60.6 Å². The predicted octanol–water partition coefficient (Wildman–Crippen LogP) is 12.3. The van der Waals surface area contributed by atoms with Crippen LogP contribution in [0.2, 0.25) is 5.15 Å². The molecule has 28 heteroatoms. The number of ketones is 1. The molecule has 6 aromatic rings. The van der Waals surface area contributed by atoms with E-state index in [1.54, 1.807) is 32.6 Å². The number of aromatic amines is 1. The third-order valence-corrected chi connectivity index (χ3v) is 17.2. The molecule has 0 fully saturated rings. The lowest BCUT2D eigenvalue weighted by Crippen LogP contribution is -2.45. The van der Waals surface area contributed by atoms with E-state index in [0.717, 1.165) is 68.8 Å². The predicted molar refractivity (Wildman–Crippen MR) is 431 cm³/mol. The number of aliphatic hydroxyl groups excluding tert-OH is 2. The van der Waals surface area contributed by atoms with E-state index in [1.807, 2.05) is 165 Å². The summed E-state index contributed by atoms with van der Waals surface area (Å²) in [5, 5.41) is 29.3. The maximum atomic E-state index is 12.9. The highest BCUT2D eigenvalue weighted by molar-refractivity contribution is 6.44. The Labute approximate surface area is 652 Å². The van der Waals surface area contributed by atoms with Crippen molar-refractivity contribution in [2.75, 3.05) is 40.6 Å². The van der Waals surface area contributed by atoms with Crippen LogP contribution in [0.4, 0.5) is 0 Å². The van der Waals surface area contributed by atoms with Crippen molar-refractivity contribution in [1.29, 1.82) is 0 Å². The first-order chi connectivity index (χ1) is 50.1. The molecule has 11 N–H and O–H groups in total. The fraction of sp³-hybridized carbons (Fsp3) is 0.575. The highest BCUT2D eigenvalue weighted by atomic mass is 35.5. The minimum Gasteiger partial charge on any atom is -0.480 e. The first-order valence-electron chi connectivity index (χ1n) is 36.9. The Morgan fingerprint density at radius 2 is 1.23 bits per heavy atom. The number of ether oxygens (including phenoxy) is 2. The van der Waals surface area contributed by atoms with Crippen LogP contribution in [-0.2, 0) is 41.8 Å². The van der Waals surface area contributed by atoms with Gasteiger partial charge < -0.3 is 61.8 Å². The van der Waals surface area contributed by atoms with Crippen LogP contribution in [0.5, 0.6) is 11.8 Å². The molecule has 0 saturated carbocycles. The number of fused-ring (bicyclic) bond motifs is 1. The minimum absolute atomic E-state index is 0. The fourth-order valence-corrected chi connectivity index (χ4v) is 9.27. The second-order valence-corrected chi connectivity index (χ2v) is 29.2. The van der Waals surface area contributed by atoms with Crippen LogP contribution in [0.25, 0.3) is 5.52 Å². The van der Waals surface area contributed by atoms with E-state index >= 15 is 0 Å². The largest absolute Gasteiger partial charge is 0.480 e. The van der Waals surface area contributed by atoms with Crippen molar-refractivity contribution in [3.05, 3.63) is 157 Å². The van der Waals surface area contributed by atoms with Crippen molar-refractivity contribution in [3.63, 3.8) is 0 Å². The Morgan fingerprint density at radius 1 is 0.685 bits per heavy atom. The second kappa shape index (κ2) is 51.2. The van der Waals surface area contributed by atoms with E-state index in [-0.39, 0.29) is 115 Å². The van der Waals surface area contributed by atoms with Gasteiger partial charge in [-0.1, -0.05) is 186 Å². The zero-order valence-corrected chi connectivity index (χ0v) is 70.4. The van der Waals surface area contributed by atoms with E-state index in [1.165, 1.54) is 7.11 Å². The molecule has 2 aliphatic rings. The monoisotopic (exact) mass is 1550 g/mol. The standard InChI is InChI=1S/C24H29N3O5.C9H14N2O.C9H19NO2.C9H15NO.C8H11ClN2.C8H14N2O.C8H12N2O.C5H13NO.ClH/c1-5-17-19(13-16-9-7-6-8-10-16)27-14-18(15(2)3)26-24(31-11-12-32-30-4)21(27)20(17)22(28)23(25)29;1-6(2)8-5-10-7(3)9(11-8)12-4;1-6(2)8(5-11)10-9(12)7(3)4;1-6(2)8-5-4-7(3)9(11)10-8;1-5(2)7-4-10-6(3)8(9)11-7;2*1-5(2)7-4-9-6(3)8(11)10-7;1-4(2)5(6)3-7;/h6-10,14-15H,5,11-13H2,1-4H3,(H2,25,29);5-6H,1-4H3;6-8,11H,5H2,1-4H3,(H,10,12);5-7H,4H2,1-3H3,(H,10,11);4-5H,1-3H3;4-6,9H,1-3H3,(H,10,11);4-5H,1-3H3,(H,10,11);4-5,7H,3,6H2,1-2H3;1H. The number of nitrogens with zero attached hydrogens (tertiary/aromatic N) is 7.